The fourth-order valence-electron chi connectivity index (χ4n) is 2.32. The van der Waals surface area contributed by atoms with Crippen LogP contribution >= 0.6 is 15.9 Å². The van der Waals surface area contributed by atoms with Gasteiger partial charge >= 0.3 is 0 Å². The standard InChI is InChI=1S/C21H24BrN3O3/c1-14(2)20(27)25-18-9-5-16(6-10-18)21(28)24-12-11-23-19(26)13-15-3-7-17(22)8-4-15/h3-10,14H,11-13H2,1-2H3,(H,23,26)(H,24,28)(H,25,27). The smallest absolute Gasteiger partial charge is 0.251 e. The van der Waals surface area contributed by atoms with Crippen molar-refractivity contribution in [2.75, 3.05) is 18.4 Å². The molecule has 2 rings (SSSR count). The van der Waals surface area contributed by atoms with E-state index in [2.05, 4.69) is 31.9 Å². The summed E-state index contributed by atoms with van der Waals surface area (Å²) >= 11 is 3.36. The van der Waals surface area contributed by atoms with E-state index in [1.54, 1.807) is 24.3 Å². The molecule has 0 aliphatic carbocycles. The minimum atomic E-state index is -0.233. The molecule has 6 nitrogen and oxygen atoms in total. The van der Waals surface area contributed by atoms with Crippen LogP contribution in [0.1, 0.15) is 29.8 Å². The molecule has 0 spiro atoms. The van der Waals surface area contributed by atoms with Crippen LogP contribution in [0.5, 0.6) is 0 Å². The lowest BCUT2D eigenvalue weighted by molar-refractivity contribution is -0.120. The van der Waals surface area contributed by atoms with Crippen LogP contribution in [-0.4, -0.2) is 30.8 Å². The molecule has 0 aliphatic rings. The van der Waals surface area contributed by atoms with Crippen molar-refractivity contribution < 1.29 is 14.4 Å². The minimum Gasteiger partial charge on any atom is -0.354 e. The molecule has 28 heavy (non-hydrogen) atoms. The summed E-state index contributed by atoms with van der Waals surface area (Å²) in [6.45, 7) is 4.31. The Labute approximate surface area is 173 Å². The Balaban J connectivity index is 1.71. The predicted octanol–water partition coefficient (Wildman–Crippen LogP) is 3.13. The van der Waals surface area contributed by atoms with E-state index >= 15 is 0 Å². The second-order valence-electron chi connectivity index (χ2n) is 6.63. The summed E-state index contributed by atoms with van der Waals surface area (Å²) in [6.07, 6.45) is 0.296. The molecule has 0 aliphatic heterocycles. The molecule has 2 aromatic carbocycles. The monoisotopic (exact) mass is 445 g/mol. The number of carbonyl (C=O) groups is 3. The van der Waals surface area contributed by atoms with Crippen LogP contribution in [0.4, 0.5) is 5.69 Å². The van der Waals surface area contributed by atoms with Crippen LogP contribution in [0, 0.1) is 5.92 Å². The van der Waals surface area contributed by atoms with Crippen LogP contribution < -0.4 is 16.0 Å². The van der Waals surface area contributed by atoms with Gasteiger partial charge in [0.2, 0.25) is 11.8 Å². The molecule has 0 unspecified atom stereocenters. The van der Waals surface area contributed by atoms with Gasteiger partial charge in [0.05, 0.1) is 6.42 Å². The largest absolute Gasteiger partial charge is 0.354 e. The van der Waals surface area contributed by atoms with Crippen LogP contribution in [0.3, 0.4) is 0 Å². The van der Waals surface area contributed by atoms with E-state index in [0.717, 1.165) is 10.0 Å². The summed E-state index contributed by atoms with van der Waals surface area (Å²) in [5.74, 6) is -0.510. The average Bonchev–Trinajstić information content (AvgIpc) is 2.67. The van der Waals surface area contributed by atoms with Gasteiger partial charge in [-0.25, -0.2) is 0 Å². The molecule has 7 heteroatoms. The molecule has 0 saturated carbocycles. The van der Waals surface area contributed by atoms with Gasteiger partial charge in [0.1, 0.15) is 0 Å². The van der Waals surface area contributed by atoms with E-state index in [9.17, 15) is 14.4 Å². The highest BCUT2D eigenvalue weighted by Gasteiger charge is 2.09. The van der Waals surface area contributed by atoms with Crippen molar-refractivity contribution in [1.82, 2.24) is 10.6 Å². The third kappa shape index (κ3) is 7.15. The number of hydrogen-bond acceptors (Lipinski definition) is 3. The third-order valence-corrected chi connectivity index (χ3v) is 4.48. The van der Waals surface area contributed by atoms with E-state index in [4.69, 9.17) is 0 Å². The molecule has 0 aromatic heterocycles. The quantitative estimate of drug-likeness (QED) is 0.545. The molecule has 0 saturated heterocycles. The van der Waals surface area contributed by atoms with Gasteiger partial charge in [0, 0.05) is 34.7 Å². The fraction of sp³-hybridized carbons (Fsp3) is 0.286. The number of amides is 3. The molecule has 0 fully saturated rings. The predicted molar refractivity (Wildman–Crippen MR) is 113 cm³/mol. The normalized spacial score (nSPS) is 10.4. The Morgan fingerprint density at radius 1 is 0.893 bits per heavy atom. The molecule has 3 amide bonds. The van der Waals surface area contributed by atoms with Crippen LogP contribution in [-0.2, 0) is 16.0 Å². The maximum Gasteiger partial charge on any atom is 0.251 e. The van der Waals surface area contributed by atoms with Gasteiger partial charge in [0.25, 0.3) is 5.91 Å². The van der Waals surface area contributed by atoms with Crippen LogP contribution in [0.25, 0.3) is 0 Å². The Kier molecular flexibility index (Phi) is 8.19. The summed E-state index contributed by atoms with van der Waals surface area (Å²) in [5, 5.41) is 8.31. The molecule has 3 N–H and O–H groups in total. The van der Waals surface area contributed by atoms with Crippen molar-refractivity contribution in [2.45, 2.75) is 20.3 Å². The first-order chi connectivity index (χ1) is 13.3. The lowest BCUT2D eigenvalue weighted by atomic mass is 10.1. The van der Waals surface area contributed by atoms with Gasteiger partial charge in [-0.2, -0.15) is 0 Å². The second-order valence-corrected chi connectivity index (χ2v) is 7.55. The lowest BCUT2D eigenvalue weighted by Crippen LogP contribution is -2.35. The van der Waals surface area contributed by atoms with Crippen molar-refractivity contribution >= 4 is 39.3 Å². The highest BCUT2D eigenvalue weighted by Crippen LogP contribution is 2.11. The Morgan fingerprint density at radius 3 is 2.11 bits per heavy atom. The number of nitrogens with one attached hydrogen (secondary N) is 3. The molecule has 0 heterocycles. The number of hydrogen-bond donors (Lipinski definition) is 3. The van der Waals surface area contributed by atoms with Gasteiger partial charge in [-0.05, 0) is 42.0 Å². The lowest BCUT2D eigenvalue weighted by Gasteiger charge is -2.09. The maximum absolute atomic E-state index is 12.1. The number of carbonyl (C=O) groups excluding carboxylic acids is 3. The molecular formula is C21H24BrN3O3. The summed E-state index contributed by atoms with van der Waals surface area (Å²) in [7, 11) is 0. The summed E-state index contributed by atoms with van der Waals surface area (Å²) in [5.41, 5.74) is 2.06. The highest BCUT2D eigenvalue weighted by atomic mass is 79.9. The van der Waals surface area contributed by atoms with E-state index in [-0.39, 0.29) is 23.6 Å². The van der Waals surface area contributed by atoms with Gasteiger partial charge < -0.3 is 16.0 Å². The zero-order valence-corrected chi connectivity index (χ0v) is 17.5. The number of benzene rings is 2. The molecule has 0 atom stereocenters. The van der Waals surface area contributed by atoms with Gasteiger partial charge in [0.15, 0.2) is 0 Å². The first kappa shape index (κ1) is 21.6. The topological polar surface area (TPSA) is 87.3 Å². The molecule has 148 valence electrons. The Morgan fingerprint density at radius 2 is 1.50 bits per heavy atom. The van der Waals surface area contributed by atoms with Gasteiger partial charge in [-0.15, -0.1) is 0 Å². The number of anilines is 1. The van der Waals surface area contributed by atoms with Gasteiger partial charge in [-0.1, -0.05) is 41.9 Å². The molecule has 0 radical (unpaired) electrons. The van der Waals surface area contributed by atoms with Gasteiger partial charge in [-0.3, -0.25) is 14.4 Å². The first-order valence-electron chi connectivity index (χ1n) is 9.05. The number of rotatable bonds is 8. The highest BCUT2D eigenvalue weighted by molar-refractivity contribution is 9.10. The van der Waals surface area contributed by atoms with Crippen LogP contribution in [0.2, 0.25) is 0 Å². The van der Waals surface area contributed by atoms with E-state index in [1.165, 1.54) is 0 Å². The minimum absolute atomic E-state index is 0.0731. The average molecular weight is 446 g/mol. The fourth-order valence-corrected chi connectivity index (χ4v) is 2.59. The number of halogens is 1. The van der Waals surface area contributed by atoms with Crippen molar-refractivity contribution in [3.63, 3.8) is 0 Å². The maximum atomic E-state index is 12.1. The van der Waals surface area contributed by atoms with E-state index in [0.29, 0.717) is 30.8 Å². The molecule has 2 aromatic rings. The molecular weight excluding hydrogens is 422 g/mol. The summed E-state index contributed by atoms with van der Waals surface area (Å²) < 4.78 is 0.967. The zero-order valence-electron chi connectivity index (χ0n) is 15.9. The second kappa shape index (κ2) is 10.6. The van der Waals surface area contributed by atoms with E-state index in [1.807, 2.05) is 38.1 Å². The van der Waals surface area contributed by atoms with Crippen molar-refractivity contribution in [1.29, 1.82) is 0 Å². The SMILES string of the molecule is CC(C)C(=O)Nc1ccc(C(=O)NCCNC(=O)Cc2ccc(Br)cc2)cc1. The third-order valence-electron chi connectivity index (χ3n) is 3.95. The first-order valence-corrected chi connectivity index (χ1v) is 9.84. The Bertz CT molecular complexity index is 818. The van der Waals surface area contributed by atoms with E-state index < -0.39 is 0 Å². The van der Waals surface area contributed by atoms with Crippen molar-refractivity contribution in [2.24, 2.45) is 5.92 Å². The summed E-state index contributed by atoms with van der Waals surface area (Å²) in [4.78, 5) is 35.7. The zero-order chi connectivity index (χ0) is 20.5. The van der Waals surface area contributed by atoms with Crippen LogP contribution in [0.15, 0.2) is 53.0 Å². The van der Waals surface area contributed by atoms with Crippen molar-refractivity contribution in [3.8, 4) is 0 Å². The Hall–Kier alpha value is -2.67. The molecule has 0 bridgehead atoms. The van der Waals surface area contributed by atoms with Crippen molar-refractivity contribution in [3.05, 3.63) is 64.1 Å². The summed E-state index contributed by atoms with van der Waals surface area (Å²) in [6, 6.07) is 14.2.